The number of aromatic nitrogens is 2. The molecule has 0 atom stereocenters. The van der Waals surface area contributed by atoms with Crippen molar-refractivity contribution in [1.29, 1.82) is 0 Å². The number of ether oxygens (including phenoxy) is 1. The van der Waals surface area contributed by atoms with Gasteiger partial charge in [0.15, 0.2) is 5.82 Å². The number of hydrogen-bond donors (Lipinski definition) is 0. The zero-order valence-corrected chi connectivity index (χ0v) is 21.2. The largest absolute Gasteiger partial charge is 0.497 e. The summed E-state index contributed by atoms with van der Waals surface area (Å²) < 4.78 is 10.6. The lowest BCUT2D eigenvalue weighted by Gasteiger charge is -2.36. The van der Waals surface area contributed by atoms with Gasteiger partial charge in [-0.3, -0.25) is 9.59 Å². The van der Waals surface area contributed by atoms with Gasteiger partial charge in [0.1, 0.15) is 18.1 Å². The molecule has 0 saturated carbocycles. The molecule has 9 nitrogen and oxygen atoms in total. The van der Waals surface area contributed by atoms with E-state index in [4.69, 9.17) is 9.15 Å². The number of nitrogens with zero attached hydrogens (tertiary/aromatic N) is 5. The van der Waals surface area contributed by atoms with Crippen LogP contribution < -0.4 is 9.64 Å². The third-order valence-electron chi connectivity index (χ3n) is 6.55. The molecule has 2 amide bonds. The summed E-state index contributed by atoms with van der Waals surface area (Å²) in [5.41, 5.74) is 2.32. The van der Waals surface area contributed by atoms with Crippen molar-refractivity contribution in [2.75, 3.05) is 44.7 Å². The third kappa shape index (κ3) is 5.83. The zero-order valence-electron chi connectivity index (χ0n) is 21.2. The molecule has 4 aromatic rings. The molecule has 2 aromatic carbocycles. The van der Waals surface area contributed by atoms with Crippen LogP contribution in [0.3, 0.4) is 0 Å². The van der Waals surface area contributed by atoms with Gasteiger partial charge in [0.05, 0.1) is 25.6 Å². The Hall–Kier alpha value is -4.66. The van der Waals surface area contributed by atoms with E-state index in [0.29, 0.717) is 43.3 Å². The van der Waals surface area contributed by atoms with E-state index in [0.717, 1.165) is 17.1 Å². The highest BCUT2D eigenvalue weighted by Gasteiger charge is 2.26. The lowest BCUT2D eigenvalue weighted by Crippen LogP contribution is -2.52. The molecule has 3 heterocycles. The average Bonchev–Trinajstić information content (AvgIpc) is 3.50. The lowest BCUT2D eigenvalue weighted by atomic mass is 10.1. The number of piperazine rings is 1. The molecule has 0 aliphatic carbocycles. The summed E-state index contributed by atoms with van der Waals surface area (Å²) in [7, 11) is 1.57. The van der Waals surface area contributed by atoms with E-state index in [1.807, 2.05) is 42.5 Å². The average molecular weight is 512 g/mol. The van der Waals surface area contributed by atoms with Gasteiger partial charge < -0.3 is 23.9 Å². The Morgan fingerprint density at radius 3 is 2.29 bits per heavy atom. The quantitative estimate of drug-likeness (QED) is 0.356. The standard InChI is InChI=1S/C29H29N5O4/c1-37-24-11-9-23(10-12-24)29(36)34(20-25-8-5-19-38-25)21-28(35)33-17-15-32(16-18-33)27-14-13-26(30-31-27)22-6-3-2-4-7-22/h2-14,19H,15-18,20-21H2,1H3. The summed E-state index contributed by atoms with van der Waals surface area (Å²) in [5.74, 6) is 1.70. The highest BCUT2D eigenvalue weighted by atomic mass is 16.5. The maximum atomic E-state index is 13.3. The fourth-order valence-electron chi connectivity index (χ4n) is 4.41. The van der Waals surface area contributed by atoms with Crippen molar-refractivity contribution in [3.05, 3.63) is 96.4 Å². The molecule has 1 aliphatic heterocycles. The monoisotopic (exact) mass is 511 g/mol. The first kappa shape index (κ1) is 25.0. The molecular formula is C29H29N5O4. The van der Waals surface area contributed by atoms with Gasteiger partial charge in [0.25, 0.3) is 5.91 Å². The number of benzene rings is 2. The Labute approximate surface area is 221 Å². The van der Waals surface area contributed by atoms with E-state index in [2.05, 4.69) is 15.1 Å². The second kappa shape index (κ2) is 11.6. The summed E-state index contributed by atoms with van der Waals surface area (Å²) in [4.78, 5) is 32.0. The van der Waals surface area contributed by atoms with Gasteiger partial charge in [-0.1, -0.05) is 30.3 Å². The van der Waals surface area contributed by atoms with Gasteiger partial charge in [-0.05, 0) is 48.5 Å². The van der Waals surface area contributed by atoms with Gasteiger partial charge >= 0.3 is 0 Å². The van der Waals surface area contributed by atoms with Crippen LogP contribution in [0.5, 0.6) is 5.75 Å². The molecule has 2 aromatic heterocycles. The molecule has 0 spiro atoms. The van der Waals surface area contributed by atoms with Crippen molar-refractivity contribution in [2.45, 2.75) is 6.54 Å². The normalized spacial score (nSPS) is 13.3. The van der Waals surface area contributed by atoms with Crippen LogP contribution >= 0.6 is 0 Å². The van der Waals surface area contributed by atoms with Crippen LogP contribution in [0, 0.1) is 0 Å². The van der Waals surface area contributed by atoms with E-state index >= 15 is 0 Å². The number of methoxy groups -OCH3 is 1. The van der Waals surface area contributed by atoms with E-state index < -0.39 is 0 Å². The van der Waals surface area contributed by atoms with Gasteiger partial charge in [0, 0.05) is 37.3 Å². The van der Waals surface area contributed by atoms with E-state index in [1.54, 1.807) is 54.7 Å². The van der Waals surface area contributed by atoms with Crippen molar-refractivity contribution < 1.29 is 18.7 Å². The predicted octanol–water partition coefficient (Wildman–Crippen LogP) is 3.74. The SMILES string of the molecule is COc1ccc(C(=O)N(CC(=O)N2CCN(c3ccc(-c4ccccc4)nn3)CC2)Cc2ccco2)cc1. The summed E-state index contributed by atoms with van der Waals surface area (Å²) in [5, 5.41) is 8.79. The molecule has 1 saturated heterocycles. The molecule has 1 aliphatic rings. The fourth-order valence-corrected chi connectivity index (χ4v) is 4.41. The first-order chi connectivity index (χ1) is 18.6. The van der Waals surface area contributed by atoms with E-state index in [9.17, 15) is 9.59 Å². The molecular weight excluding hydrogens is 482 g/mol. The molecule has 1 fully saturated rings. The molecule has 0 bridgehead atoms. The second-order valence-corrected chi connectivity index (χ2v) is 8.98. The summed E-state index contributed by atoms with van der Waals surface area (Å²) in [6.07, 6.45) is 1.56. The minimum Gasteiger partial charge on any atom is -0.497 e. The van der Waals surface area contributed by atoms with Crippen molar-refractivity contribution >= 4 is 17.6 Å². The molecule has 0 N–H and O–H groups in total. The second-order valence-electron chi connectivity index (χ2n) is 8.98. The third-order valence-corrected chi connectivity index (χ3v) is 6.55. The minimum atomic E-state index is -0.246. The number of furan rings is 1. The lowest BCUT2D eigenvalue weighted by molar-refractivity contribution is -0.132. The molecule has 0 radical (unpaired) electrons. The number of carbonyl (C=O) groups excluding carboxylic acids is 2. The van der Waals surface area contributed by atoms with Crippen molar-refractivity contribution in [1.82, 2.24) is 20.0 Å². The highest BCUT2D eigenvalue weighted by molar-refractivity contribution is 5.96. The van der Waals surface area contributed by atoms with Gasteiger partial charge in [-0.2, -0.15) is 0 Å². The maximum Gasteiger partial charge on any atom is 0.254 e. The first-order valence-electron chi connectivity index (χ1n) is 12.5. The number of rotatable bonds is 8. The molecule has 0 unspecified atom stereocenters. The van der Waals surface area contributed by atoms with Crippen molar-refractivity contribution in [3.63, 3.8) is 0 Å². The smallest absolute Gasteiger partial charge is 0.254 e. The highest BCUT2D eigenvalue weighted by Crippen LogP contribution is 2.20. The summed E-state index contributed by atoms with van der Waals surface area (Å²) in [6, 6.07) is 24.3. The van der Waals surface area contributed by atoms with Gasteiger partial charge in [0.2, 0.25) is 5.91 Å². The zero-order chi connectivity index (χ0) is 26.3. The Bertz CT molecular complexity index is 1330. The van der Waals surface area contributed by atoms with E-state index in [-0.39, 0.29) is 24.9 Å². The molecule has 5 rings (SSSR count). The van der Waals surface area contributed by atoms with Crippen molar-refractivity contribution in [3.8, 4) is 17.0 Å². The summed E-state index contributed by atoms with van der Waals surface area (Å²) >= 11 is 0. The Morgan fingerprint density at radius 2 is 1.66 bits per heavy atom. The van der Waals surface area contributed by atoms with Crippen LogP contribution in [0.25, 0.3) is 11.3 Å². The Morgan fingerprint density at radius 1 is 0.895 bits per heavy atom. The number of amides is 2. The topological polar surface area (TPSA) is 92.0 Å². The van der Waals surface area contributed by atoms with E-state index in [1.165, 1.54) is 4.90 Å². The van der Waals surface area contributed by atoms with Crippen LogP contribution in [0.1, 0.15) is 16.1 Å². The maximum absolute atomic E-state index is 13.3. The van der Waals surface area contributed by atoms with Gasteiger partial charge in [-0.15, -0.1) is 10.2 Å². The summed E-state index contributed by atoms with van der Waals surface area (Å²) in [6.45, 7) is 2.49. The minimum absolute atomic E-state index is 0.0445. The fraction of sp³-hybridized carbons (Fsp3) is 0.241. The van der Waals surface area contributed by atoms with Crippen LogP contribution in [0.4, 0.5) is 5.82 Å². The number of anilines is 1. The van der Waals surface area contributed by atoms with Crippen molar-refractivity contribution in [2.24, 2.45) is 0 Å². The van der Waals surface area contributed by atoms with Crippen LogP contribution in [-0.2, 0) is 11.3 Å². The van der Waals surface area contributed by atoms with Crippen LogP contribution in [-0.4, -0.2) is 71.6 Å². The number of hydrogen-bond acceptors (Lipinski definition) is 7. The number of carbonyl (C=O) groups is 2. The Balaban J connectivity index is 1.21. The molecule has 194 valence electrons. The Kier molecular flexibility index (Phi) is 7.63. The molecule has 9 heteroatoms. The molecule has 38 heavy (non-hydrogen) atoms. The van der Waals surface area contributed by atoms with Crippen LogP contribution in [0.2, 0.25) is 0 Å². The van der Waals surface area contributed by atoms with Gasteiger partial charge in [-0.25, -0.2) is 0 Å². The first-order valence-corrected chi connectivity index (χ1v) is 12.5. The predicted molar refractivity (Wildman–Crippen MR) is 143 cm³/mol. The van der Waals surface area contributed by atoms with Crippen LogP contribution in [0.15, 0.2) is 89.5 Å².